The van der Waals surface area contributed by atoms with Gasteiger partial charge in [-0.2, -0.15) is 0 Å². The molecule has 0 saturated heterocycles. The molecule has 114 valence electrons. The van der Waals surface area contributed by atoms with E-state index in [1.54, 1.807) is 0 Å². The van der Waals surface area contributed by atoms with Crippen molar-refractivity contribution in [1.82, 2.24) is 0 Å². The molecule has 2 atom stereocenters. The van der Waals surface area contributed by atoms with Crippen molar-refractivity contribution in [3.8, 4) is 0 Å². The van der Waals surface area contributed by atoms with Gasteiger partial charge in [0.15, 0.2) is 0 Å². The summed E-state index contributed by atoms with van der Waals surface area (Å²) >= 11 is 0. The van der Waals surface area contributed by atoms with E-state index >= 15 is 0 Å². The number of carboxylic acid groups (broad SMARTS) is 1. The molecule has 21 heavy (non-hydrogen) atoms. The smallest absolute Gasteiger partial charge is 0.307 e. The van der Waals surface area contributed by atoms with Crippen molar-refractivity contribution in [2.75, 3.05) is 5.32 Å². The summed E-state index contributed by atoms with van der Waals surface area (Å²) in [5.74, 6) is -1.16. The maximum Gasteiger partial charge on any atom is 0.307 e. The van der Waals surface area contributed by atoms with E-state index in [0.717, 1.165) is 24.1 Å². The first kappa shape index (κ1) is 15.5. The van der Waals surface area contributed by atoms with Crippen LogP contribution in [0.5, 0.6) is 0 Å². The Morgan fingerprint density at radius 3 is 2.48 bits per heavy atom. The van der Waals surface area contributed by atoms with E-state index in [0.29, 0.717) is 6.42 Å². The van der Waals surface area contributed by atoms with Crippen molar-refractivity contribution < 1.29 is 14.7 Å². The molecular weight excluding hydrogens is 266 g/mol. The highest BCUT2D eigenvalue weighted by Crippen LogP contribution is 2.42. The molecule has 0 radical (unpaired) electrons. The van der Waals surface area contributed by atoms with Gasteiger partial charge >= 0.3 is 5.97 Å². The van der Waals surface area contributed by atoms with E-state index in [2.05, 4.69) is 5.32 Å². The SMILES string of the molecule is CC(C)(C)C(=O)Nc1ccccc1[C@@H]1CCC[C@@H]1C(=O)O. The van der Waals surface area contributed by atoms with Crippen molar-refractivity contribution >= 4 is 17.6 Å². The van der Waals surface area contributed by atoms with Gasteiger partial charge < -0.3 is 10.4 Å². The molecule has 1 fully saturated rings. The van der Waals surface area contributed by atoms with E-state index in [1.165, 1.54) is 0 Å². The monoisotopic (exact) mass is 289 g/mol. The lowest BCUT2D eigenvalue weighted by atomic mass is 9.87. The summed E-state index contributed by atoms with van der Waals surface area (Å²) in [5, 5.41) is 12.3. The lowest BCUT2D eigenvalue weighted by Crippen LogP contribution is -2.28. The summed E-state index contributed by atoms with van der Waals surface area (Å²) in [6, 6.07) is 7.56. The standard InChI is InChI=1S/C17H23NO3/c1-17(2,3)16(21)18-14-10-5-4-7-12(14)11-8-6-9-13(11)15(19)20/h4-5,7,10-11,13H,6,8-9H2,1-3H3,(H,18,21)(H,19,20)/t11-,13-/m0/s1. The molecule has 0 aromatic heterocycles. The quantitative estimate of drug-likeness (QED) is 0.892. The van der Waals surface area contributed by atoms with E-state index < -0.39 is 11.4 Å². The molecule has 1 aliphatic rings. The minimum atomic E-state index is -0.741. The Hall–Kier alpha value is -1.84. The maximum atomic E-state index is 12.2. The first-order valence-electron chi connectivity index (χ1n) is 7.44. The van der Waals surface area contributed by atoms with Gasteiger partial charge in [-0.25, -0.2) is 0 Å². The van der Waals surface area contributed by atoms with Crippen LogP contribution in [0.4, 0.5) is 5.69 Å². The van der Waals surface area contributed by atoms with Gasteiger partial charge in [0.25, 0.3) is 0 Å². The largest absolute Gasteiger partial charge is 0.481 e. The first-order chi connectivity index (χ1) is 9.80. The molecule has 0 heterocycles. The van der Waals surface area contributed by atoms with Gasteiger partial charge in [-0.05, 0) is 30.4 Å². The number of hydrogen-bond acceptors (Lipinski definition) is 2. The number of carboxylic acids is 1. The van der Waals surface area contributed by atoms with Crippen LogP contribution in [-0.2, 0) is 9.59 Å². The number of aliphatic carboxylic acids is 1. The summed E-state index contributed by atoms with van der Waals surface area (Å²) < 4.78 is 0. The summed E-state index contributed by atoms with van der Waals surface area (Å²) in [4.78, 5) is 23.6. The fourth-order valence-electron chi connectivity index (χ4n) is 2.87. The molecule has 2 rings (SSSR count). The first-order valence-corrected chi connectivity index (χ1v) is 7.44. The summed E-state index contributed by atoms with van der Waals surface area (Å²) in [6.45, 7) is 5.59. The Labute approximate surface area is 125 Å². The third-order valence-electron chi connectivity index (χ3n) is 4.12. The fraction of sp³-hybridized carbons (Fsp3) is 0.529. The number of rotatable bonds is 3. The zero-order valence-corrected chi connectivity index (χ0v) is 12.8. The van der Waals surface area contributed by atoms with Crippen molar-refractivity contribution in [2.24, 2.45) is 11.3 Å². The van der Waals surface area contributed by atoms with Crippen LogP contribution in [0.25, 0.3) is 0 Å². The molecular formula is C17H23NO3. The molecule has 4 nitrogen and oxygen atoms in total. The Balaban J connectivity index is 2.29. The fourth-order valence-corrected chi connectivity index (χ4v) is 2.87. The Kier molecular flexibility index (Phi) is 4.35. The molecule has 0 bridgehead atoms. The molecule has 1 amide bonds. The van der Waals surface area contributed by atoms with Crippen molar-refractivity contribution in [3.05, 3.63) is 29.8 Å². The van der Waals surface area contributed by atoms with Crippen LogP contribution in [0.3, 0.4) is 0 Å². The highest BCUT2D eigenvalue weighted by Gasteiger charge is 2.35. The van der Waals surface area contributed by atoms with Crippen LogP contribution in [0, 0.1) is 11.3 Å². The van der Waals surface area contributed by atoms with E-state index in [9.17, 15) is 14.7 Å². The second kappa shape index (κ2) is 5.88. The Morgan fingerprint density at radius 2 is 1.86 bits per heavy atom. The number of anilines is 1. The average molecular weight is 289 g/mol. The van der Waals surface area contributed by atoms with Crippen molar-refractivity contribution in [3.63, 3.8) is 0 Å². The third-order valence-corrected chi connectivity index (χ3v) is 4.12. The van der Waals surface area contributed by atoms with Gasteiger partial charge in [0, 0.05) is 11.1 Å². The number of amides is 1. The normalized spacial score (nSPS) is 22.0. The van der Waals surface area contributed by atoms with Crippen LogP contribution in [0.2, 0.25) is 0 Å². The molecule has 0 unspecified atom stereocenters. The van der Waals surface area contributed by atoms with Gasteiger partial charge in [0.2, 0.25) is 5.91 Å². The molecule has 1 aromatic carbocycles. The minimum Gasteiger partial charge on any atom is -0.481 e. The second-order valence-corrected chi connectivity index (χ2v) is 6.77. The predicted octanol–water partition coefficient (Wildman–Crippen LogP) is 3.64. The lowest BCUT2D eigenvalue weighted by Gasteiger charge is -2.23. The Morgan fingerprint density at radius 1 is 1.19 bits per heavy atom. The van der Waals surface area contributed by atoms with Crippen LogP contribution in [-0.4, -0.2) is 17.0 Å². The van der Waals surface area contributed by atoms with Crippen molar-refractivity contribution in [1.29, 1.82) is 0 Å². The Bertz CT molecular complexity index is 545. The van der Waals surface area contributed by atoms with E-state index in [4.69, 9.17) is 0 Å². The van der Waals surface area contributed by atoms with Gasteiger partial charge in [0.05, 0.1) is 5.92 Å². The zero-order valence-electron chi connectivity index (χ0n) is 12.8. The molecule has 0 spiro atoms. The zero-order chi connectivity index (χ0) is 15.6. The van der Waals surface area contributed by atoms with Gasteiger partial charge in [-0.1, -0.05) is 45.4 Å². The average Bonchev–Trinajstić information content (AvgIpc) is 2.87. The lowest BCUT2D eigenvalue weighted by molar-refractivity contribution is -0.142. The van der Waals surface area contributed by atoms with Crippen molar-refractivity contribution in [2.45, 2.75) is 46.0 Å². The van der Waals surface area contributed by atoms with E-state index in [1.807, 2.05) is 45.0 Å². The summed E-state index contributed by atoms with van der Waals surface area (Å²) in [6.07, 6.45) is 2.49. The number of nitrogens with one attached hydrogen (secondary N) is 1. The van der Waals surface area contributed by atoms with Crippen LogP contribution >= 0.6 is 0 Å². The van der Waals surface area contributed by atoms with Crippen LogP contribution in [0.15, 0.2) is 24.3 Å². The highest BCUT2D eigenvalue weighted by molar-refractivity contribution is 5.95. The number of carbonyl (C=O) groups excluding carboxylic acids is 1. The molecule has 2 N–H and O–H groups in total. The molecule has 1 aliphatic carbocycles. The number of hydrogen-bond donors (Lipinski definition) is 2. The number of para-hydroxylation sites is 1. The van der Waals surface area contributed by atoms with E-state index in [-0.39, 0.29) is 17.7 Å². The summed E-state index contributed by atoms with van der Waals surface area (Å²) in [5.41, 5.74) is 1.21. The molecule has 1 aromatic rings. The molecule has 0 aliphatic heterocycles. The van der Waals surface area contributed by atoms with Gasteiger partial charge in [-0.3, -0.25) is 9.59 Å². The van der Waals surface area contributed by atoms with Crippen LogP contribution < -0.4 is 5.32 Å². The van der Waals surface area contributed by atoms with Gasteiger partial charge in [0.1, 0.15) is 0 Å². The number of carbonyl (C=O) groups is 2. The van der Waals surface area contributed by atoms with Gasteiger partial charge in [-0.15, -0.1) is 0 Å². The second-order valence-electron chi connectivity index (χ2n) is 6.77. The predicted molar refractivity (Wildman–Crippen MR) is 82.2 cm³/mol. The summed E-state index contributed by atoms with van der Waals surface area (Å²) in [7, 11) is 0. The highest BCUT2D eigenvalue weighted by atomic mass is 16.4. The number of benzene rings is 1. The topological polar surface area (TPSA) is 66.4 Å². The molecule has 4 heteroatoms. The van der Waals surface area contributed by atoms with Crippen LogP contribution in [0.1, 0.15) is 51.5 Å². The maximum absolute atomic E-state index is 12.2. The minimum absolute atomic E-state index is 0.0148. The third kappa shape index (κ3) is 3.43. The molecule has 1 saturated carbocycles.